The van der Waals surface area contributed by atoms with E-state index in [0.29, 0.717) is 6.42 Å². The maximum atomic E-state index is 10.1. The van der Waals surface area contributed by atoms with Crippen LogP contribution >= 0.6 is 11.6 Å². The summed E-state index contributed by atoms with van der Waals surface area (Å²) in [6.07, 6.45) is 1.24. The van der Waals surface area contributed by atoms with Crippen LogP contribution in [0.5, 0.6) is 0 Å². The maximum absolute atomic E-state index is 10.1. The van der Waals surface area contributed by atoms with E-state index in [1.54, 1.807) is 0 Å². The lowest BCUT2D eigenvalue weighted by Gasteiger charge is -2.29. The van der Waals surface area contributed by atoms with Gasteiger partial charge in [0, 0.05) is 11.4 Å². The van der Waals surface area contributed by atoms with Crippen molar-refractivity contribution >= 4 is 11.6 Å². The summed E-state index contributed by atoms with van der Waals surface area (Å²) in [5.41, 5.74) is 0.965. The van der Waals surface area contributed by atoms with E-state index in [-0.39, 0.29) is 11.5 Å². The number of aliphatic hydroxyl groups is 1. The molecule has 0 radical (unpaired) electrons. The van der Waals surface area contributed by atoms with Gasteiger partial charge in [0.25, 0.3) is 0 Å². The van der Waals surface area contributed by atoms with Gasteiger partial charge in [0.1, 0.15) is 0 Å². The molecule has 0 spiro atoms. The SMILES string of the molecule is CCC(C)(C)C(O)Cc1ccccc1Cl. The van der Waals surface area contributed by atoms with Crippen molar-refractivity contribution < 1.29 is 5.11 Å². The first-order chi connectivity index (χ1) is 6.97. The molecule has 0 aliphatic heterocycles. The fourth-order valence-corrected chi connectivity index (χ4v) is 1.60. The van der Waals surface area contributed by atoms with Crippen LogP contribution in [0.4, 0.5) is 0 Å². The fourth-order valence-electron chi connectivity index (χ4n) is 1.38. The molecule has 0 fully saturated rings. The lowest BCUT2D eigenvalue weighted by Crippen LogP contribution is -2.30. The highest BCUT2D eigenvalue weighted by Gasteiger charge is 2.26. The molecular formula is C13H19ClO. The van der Waals surface area contributed by atoms with E-state index in [0.717, 1.165) is 17.0 Å². The van der Waals surface area contributed by atoms with E-state index in [4.69, 9.17) is 11.6 Å². The van der Waals surface area contributed by atoms with Crippen LogP contribution in [0.1, 0.15) is 32.8 Å². The maximum Gasteiger partial charge on any atom is 0.0631 e. The van der Waals surface area contributed by atoms with Crippen LogP contribution in [0.3, 0.4) is 0 Å². The Morgan fingerprint density at radius 1 is 1.33 bits per heavy atom. The molecule has 0 saturated carbocycles. The van der Waals surface area contributed by atoms with Crippen molar-refractivity contribution in [1.82, 2.24) is 0 Å². The van der Waals surface area contributed by atoms with E-state index >= 15 is 0 Å². The van der Waals surface area contributed by atoms with Gasteiger partial charge in [-0.25, -0.2) is 0 Å². The lowest BCUT2D eigenvalue weighted by atomic mass is 9.81. The van der Waals surface area contributed by atoms with Gasteiger partial charge < -0.3 is 5.11 Å². The molecule has 1 aromatic rings. The Labute approximate surface area is 97.1 Å². The third-order valence-corrected chi connectivity index (χ3v) is 3.55. The molecule has 0 amide bonds. The van der Waals surface area contributed by atoms with Crippen LogP contribution in [-0.4, -0.2) is 11.2 Å². The van der Waals surface area contributed by atoms with Crippen LogP contribution < -0.4 is 0 Å². The summed E-state index contributed by atoms with van der Waals surface area (Å²) in [6, 6.07) is 7.69. The first-order valence-electron chi connectivity index (χ1n) is 5.39. The molecule has 84 valence electrons. The Balaban J connectivity index is 2.75. The third-order valence-electron chi connectivity index (χ3n) is 3.18. The quantitative estimate of drug-likeness (QED) is 0.831. The molecule has 1 rings (SSSR count). The van der Waals surface area contributed by atoms with Crippen LogP contribution in [0.25, 0.3) is 0 Å². The van der Waals surface area contributed by atoms with Gasteiger partial charge in [-0.15, -0.1) is 0 Å². The number of rotatable bonds is 4. The predicted molar refractivity (Wildman–Crippen MR) is 65.2 cm³/mol. The van der Waals surface area contributed by atoms with Gasteiger partial charge in [-0.3, -0.25) is 0 Å². The largest absolute Gasteiger partial charge is 0.392 e. The highest BCUT2D eigenvalue weighted by Crippen LogP contribution is 2.28. The minimum Gasteiger partial charge on any atom is -0.392 e. The average molecular weight is 227 g/mol. The molecule has 0 bridgehead atoms. The Morgan fingerprint density at radius 3 is 2.47 bits per heavy atom. The Hall–Kier alpha value is -0.530. The van der Waals surface area contributed by atoms with E-state index in [1.807, 2.05) is 24.3 Å². The van der Waals surface area contributed by atoms with Gasteiger partial charge in [0.2, 0.25) is 0 Å². The van der Waals surface area contributed by atoms with Crippen molar-refractivity contribution in [2.45, 2.75) is 39.7 Å². The summed E-state index contributed by atoms with van der Waals surface area (Å²) in [5, 5.41) is 10.8. The molecule has 0 aliphatic rings. The third kappa shape index (κ3) is 3.22. The van der Waals surface area contributed by atoms with E-state index in [9.17, 15) is 5.11 Å². The van der Waals surface area contributed by atoms with Crippen molar-refractivity contribution in [2.24, 2.45) is 5.41 Å². The number of benzene rings is 1. The monoisotopic (exact) mass is 226 g/mol. The molecule has 15 heavy (non-hydrogen) atoms. The first kappa shape index (κ1) is 12.5. The summed E-state index contributed by atoms with van der Waals surface area (Å²) >= 11 is 6.05. The molecule has 1 aromatic carbocycles. The Bertz CT molecular complexity index is 320. The lowest BCUT2D eigenvalue weighted by molar-refractivity contribution is 0.0480. The highest BCUT2D eigenvalue weighted by molar-refractivity contribution is 6.31. The zero-order valence-corrected chi connectivity index (χ0v) is 10.4. The molecule has 0 saturated heterocycles. The fraction of sp³-hybridized carbons (Fsp3) is 0.538. The molecule has 1 atom stereocenters. The Kier molecular flexibility index (Phi) is 4.18. The van der Waals surface area contributed by atoms with Crippen molar-refractivity contribution in [3.63, 3.8) is 0 Å². The molecular weight excluding hydrogens is 208 g/mol. The normalized spacial score (nSPS) is 13.9. The summed E-state index contributed by atoms with van der Waals surface area (Å²) in [4.78, 5) is 0. The smallest absolute Gasteiger partial charge is 0.0631 e. The standard InChI is InChI=1S/C13H19ClO/c1-4-13(2,3)12(15)9-10-7-5-6-8-11(10)14/h5-8,12,15H,4,9H2,1-3H3. The van der Waals surface area contributed by atoms with Gasteiger partial charge in [-0.1, -0.05) is 50.6 Å². The summed E-state index contributed by atoms with van der Waals surface area (Å²) in [6.45, 7) is 6.25. The first-order valence-corrected chi connectivity index (χ1v) is 5.76. The molecule has 1 N–H and O–H groups in total. The van der Waals surface area contributed by atoms with Gasteiger partial charge in [-0.05, 0) is 23.5 Å². The van der Waals surface area contributed by atoms with Crippen molar-refractivity contribution in [2.75, 3.05) is 0 Å². The second-order valence-corrected chi connectivity index (χ2v) is 5.06. The van der Waals surface area contributed by atoms with Gasteiger partial charge in [-0.2, -0.15) is 0 Å². The molecule has 0 heterocycles. The number of aliphatic hydroxyl groups excluding tert-OH is 1. The van der Waals surface area contributed by atoms with Crippen LogP contribution in [0, 0.1) is 5.41 Å². The van der Waals surface area contributed by atoms with E-state index in [1.165, 1.54) is 0 Å². The highest BCUT2D eigenvalue weighted by atomic mass is 35.5. The summed E-state index contributed by atoms with van der Waals surface area (Å²) < 4.78 is 0. The predicted octanol–water partition coefficient (Wildman–Crippen LogP) is 3.68. The average Bonchev–Trinajstić information content (AvgIpc) is 2.21. The number of hydrogen-bond donors (Lipinski definition) is 1. The molecule has 1 unspecified atom stereocenters. The summed E-state index contributed by atoms with van der Waals surface area (Å²) in [5.74, 6) is 0. The molecule has 1 nitrogen and oxygen atoms in total. The number of hydrogen-bond acceptors (Lipinski definition) is 1. The van der Waals surface area contributed by atoms with Crippen LogP contribution in [0.15, 0.2) is 24.3 Å². The Morgan fingerprint density at radius 2 is 1.93 bits per heavy atom. The van der Waals surface area contributed by atoms with Gasteiger partial charge in [0.15, 0.2) is 0 Å². The minimum atomic E-state index is -0.345. The minimum absolute atomic E-state index is 0.0564. The second-order valence-electron chi connectivity index (χ2n) is 4.65. The van der Waals surface area contributed by atoms with Crippen LogP contribution in [-0.2, 0) is 6.42 Å². The van der Waals surface area contributed by atoms with Crippen molar-refractivity contribution in [3.8, 4) is 0 Å². The topological polar surface area (TPSA) is 20.2 Å². The summed E-state index contributed by atoms with van der Waals surface area (Å²) in [7, 11) is 0. The molecule has 0 aromatic heterocycles. The van der Waals surface area contributed by atoms with Crippen molar-refractivity contribution in [3.05, 3.63) is 34.9 Å². The van der Waals surface area contributed by atoms with E-state index < -0.39 is 0 Å². The van der Waals surface area contributed by atoms with Gasteiger partial charge >= 0.3 is 0 Å². The van der Waals surface area contributed by atoms with Gasteiger partial charge in [0.05, 0.1) is 6.10 Å². The molecule has 0 aliphatic carbocycles. The number of halogens is 1. The second kappa shape index (κ2) is 5.00. The van der Waals surface area contributed by atoms with Crippen LogP contribution in [0.2, 0.25) is 5.02 Å². The molecule has 2 heteroatoms. The van der Waals surface area contributed by atoms with Crippen molar-refractivity contribution in [1.29, 1.82) is 0 Å². The zero-order valence-electron chi connectivity index (χ0n) is 9.63. The van der Waals surface area contributed by atoms with E-state index in [2.05, 4.69) is 20.8 Å². The zero-order chi connectivity index (χ0) is 11.5.